The summed E-state index contributed by atoms with van der Waals surface area (Å²) in [4.78, 5) is 14.5. The van der Waals surface area contributed by atoms with Gasteiger partial charge >= 0.3 is 6.36 Å². The maximum absolute atomic E-state index is 12.1. The molecule has 1 aromatic heterocycles. The third-order valence-corrected chi connectivity index (χ3v) is 2.29. The van der Waals surface area contributed by atoms with Gasteiger partial charge in [0, 0.05) is 11.4 Å². The van der Waals surface area contributed by atoms with Crippen LogP contribution in [0.4, 0.5) is 13.2 Å². The van der Waals surface area contributed by atoms with Crippen molar-refractivity contribution in [2.24, 2.45) is 0 Å². The molecule has 0 amide bonds. The van der Waals surface area contributed by atoms with E-state index in [1.54, 1.807) is 0 Å². The molecular weight excluding hydrogens is 307 g/mol. The number of hydrogen-bond donors (Lipinski definition) is 0. The standard InChI is InChI=1S/C9H7BrF3NO3/c1-16-8-6(4-15)7(17-9(11,12)13)2-5(3-10)14-8/h2,4H,3H2,1H3. The summed E-state index contributed by atoms with van der Waals surface area (Å²) in [6.07, 6.45) is -4.68. The Kier molecular flexibility index (Phi) is 4.33. The zero-order valence-electron chi connectivity index (χ0n) is 8.55. The highest BCUT2D eigenvalue weighted by Gasteiger charge is 2.33. The van der Waals surface area contributed by atoms with Crippen LogP contribution < -0.4 is 9.47 Å². The van der Waals surface area contributed by atoms with Crippen molar-refractivity contribution in [3.63, 3.8) is 0 Å². The quantitative estimate of drug-likeness (QED) is 0.633. The minimum atomic E-state index is -4.88. The summed E-state index contributed by atoms with van der Waals surface area (Å²) >= 11 is 3.04. The predicted molar refractivity (Wildman–Crippen MR) is 55.5 cm³/mol. The fraction of sp³-hybridized carbons (Fsp3) is 0.333. The van der Waals surface area contributed by atoms with Gasteiger partial charge in [0.2, 0.25) is 5.88 Å². The number of aldehydes is 1. The molecule has 4 nitrogen and oxygen atoms in total. The summed E-state index contributed by atoms with van der Waals surface area (Å²) in [7, 11) is 1.20. The van der Waals surface area contributed by atoms with Crippen molar-refractivity contribution in [3.05, 3.63) is 17.3 Å². The Hall–Kier alpha value is -1.31. The van der Waals surface area contributed by atoms with E-state index in [0.29, 0.717) is 0 Å². The van der Waals surface area contributed by atoms with E-state index < -0.39 is 12.1 Å². The lowest BCUT2D eigenvalue weighted by Gasteiger charge is -2.13. The number of carbonyl (C=O) groups is 1. The first-order chi connectivity index (χ1) is 7.91. The Morgan fingerprint density at radius 3 is 2.59 bits per heavy atom. The van der Waals surface area contributed by atoms with Crippen LogP contribution in [-0.2, 0) is 5.33 Å². The monoisotopic (exact) mass is 313 g/mol. The molecule has 0 spiro atoms. The van der Waals surface area contributed by atoms with Gasteiger partial charge < -0.3 is 9.47 Å². The van der Waals surface area contributed by atoms with Crippen LogP contribution in [0.3, 0.4) is 0 Å². The molecule has 1 heterocycles. The van der Waals surface area contributed by atoms with Crippen molar-refractivity contribution >= 4 is 22.2 Å². The highest BCUT2D eigenvalue weighted by Crippen LogP contribution is 2.31. The van der Waals surface area contributed by atoms with Gasteiger partial charge in [-0.2, -0.15) is 0 Å². The number of hydrogen-bond acceptors (Lipinski definition) is 4. The molecule has 8 heteroatoms. The number of pyridine rings is 1. The zero-order chi connectivity index (χ0) is 13.1. The third-order valence-electron chi connectivity index (χ3n) is 1.71. The summed E-state index contributed by atoms with van der Waals surface area (Å²) in [5, 5.41) is 0.205. The molecule has 0 N–H and O–H groups in total. The smallest absolute Gasteiger partial charge is 0.480 e. The van der Waals surface area contributed by atoms with Gasteiger partial charge in [0.25, 0.3) is 0 Å². The Balaban J connectivity index is 3.29. The van der Waals surface area contributed by atoms with Crippen LogP contribution in [0.2, 0.25) is 0 Å². The Morgan fingerprint density at radius 2 is 2.18 bits per heavy atom. The molecule has 94 valence electrons. The number of methoxy groups -OCH3 is 1. The molecular formula is C9H7BrF3NO3. The van der Waals surface area contributed by atoms with Gasteiger partial charge in [-0.05, 0) is 0 Å². The van der Waals surface area contributed by atoms with Crippen molar-refractivity contribution in [1.29, 1.82) is 0 Å². The van der Waals surface area contributed by atoms with Crippen LogP contribution in [0.15, 0.2) is 6.07 Å². The second kappa shape index (κ2) is 5.35. The number of carbonyl (C=O) groups excluding carboxylic acids is 1. The predicted octanol–water partition coefficient (Wildman–Crippen LogP) is 2.70. The van der Waals surface area contributed by atoms with Gasteiger partial charge in [-0.25, -0.2) is 4.98 Å². The zero-order valence-corrected chi connectivity index (χ0v) is 10.1. The van der Waals surface area contributed by atoms with E-state index in [9.17, 15) is 18.0 Å². The lowest BCUT2D eigenvalue weighted by Crippen LogP contribution is -2.18. The van der Waals surface area contributed by atoms with Crippen LogP contribution in [0.1, 0.15) is 16.1 Å². The topological polar surface area (TPSA) is 48.4 Å². The molecule has 0 aliphatic heterocycles. The minimum Gasteiger partial charge on any atom is -0.480 e. The minimum absolute atomic E-state index is 0.199. The number of nitrogens with zero attached hydrogens (tertiary/aromatic N) is 1. The van der Waals surface area contributed by atoms with Gasteiger partial charge in [0.05, 0.1) is 12.8 Å². The Labute approximate surface area is 103 Å². The molecule has 1 rings (SSSR count). The van der Waals surface area contributed by atoms with Crippen molar-refractivity contribution in [2.45, 2.75) is 11.7 Å². The average molecular weight is 314 g/mol. The normalized spacial score (nSPS) is 11.1. The number of alkyl halides is 4. The van der Waals surface area contributed by atoms with Crippen molar-refractivity contribution in [3.8, 4) is 11.6 Å². The van der Waals surface area contributed by atoms with E-state index in [-0.39, 0.29) is 28.8 Å². The van der Waals surface area contributed by atoms with Gasteiger partial charge in [-0.15, -0.1) is 13.2 Å². The molecule has 0 fully saturated rings. The first-order valence-corrected chi connectivity index (χ1v) is 5.38. The average Bonchev–Trinajstić information content (AvgIpc) is 2.25. The second-order valence-corrected chi connectivity index (χ2v) is 3.39. The fourth-order valence-corrected chi connectivity index (χ4v) is 1.39. The summed E-state index contributed by atoms with van der Waals surface area (Å²) in [5.74, 6) is -0.843. The van der Waals surface area contributed by atoms with Crippen LogP contribution in [0.25, 0.3) is 0 Å². The van der Waals surface area contributed by atoms with Gasteiger partial charge in [-0.1, -0.05) is 15.9 Å². The van der Waals surface area contributed by atoms with Gasteiger partial charge in [-0.3, -0.25) is 4.79 Å². The molecule has 17 heavy (non-hydrogen) atoms. The molecule has 0 radical (unpaired) electrons. The fourth-order valence-electron chi connectivity index (χ4n) is 1.10. The Bertz CT molecular complexity index is 423. The number of ether oxygens (including phenoxy) is 2. The lowest BCUT2D eigenvalue weighted by atomic mass is 10.2. The van der Waals surface area contributed by atoms with Crippen LogP contribution in [0.5, 0.6) is 11.6 Å². The molecule has 0 aliphatic carbocycles. The lowest BCUT2D eigenvalue weighted by molar-refractivity contribution is -0.274. The molecule has 0 bridgehead atoms. The number of rotatable bonds is 4. The highest BCUT2D eigenvalue weighted by molar-refractivity contribution is 9.08. The van der Waals surface area contributed by atoms with E-state index in [1.165, 1.54) is 7.11 Å². The maximum Gasteiger partial charge on any atom is 0.573 e. The maximum atomic E-state index is 12.1. The van der Waals surface area contributed by atoms with E-state index in [1.807, 2.05) is 0 Å². The van der Waals surface area contributed by atoms with E-state index in [2.05, 4.69) is 25.7 Å². The largest absolute Gasteiger partial charge is 0.573 e. The van der Waals surface area contributed by atoms with E-state index in [4.69, 9.17) is 4.74 Å². The molecule has 0 saturated carbocycles. The summed E-state index contributed by atoms with van der Waals surface area (Å²) in [5.41, 5.74) is -0.124. The first kappa shape index (κ1) is 13.8. The highest BCUT2D eigenvalue weighted by atomic mass is 79.9. The second-order valence-electron chi connectivity index (χ2n) is 2.83. The van der Waals surface area contributed by atoms with Crippen LogP contribution in [-0.4, -0.2) is 24.7 Å². The SMILES string of the molecule is COc1nc(CBr)cc(OC(F)(F)F)c1C=O. The van der Waals surface area contributed by atoms with E-state index >= 15 is 0 Å². The molecule has 0 atom stereocenters. The number of aromatic nitrogens is 1. The van der Waals surface area contributed by atoms with Crippen LogP contribution >= 0.6 is 15.9 Å². The number of halogens is 4. The van der Waals surface area contributed by atoms with Gasteiger partial charge in [0.15, 0.2) is 6.29 Å². The molecule has 0 aliphatic rings. The van der Waals surface area contributed by atoms with Crippen molar-refractivity contribution in [1.82, 2.24) is 4.98 Å². The summed E-state index contributed by atoms with van der Waals surface area (Å²) < 4.78 is 44.8. The molecule has 0 saturated heterocycles. The van der Waals surface area contributed by atoms with Crippen molar-refractivity contribution in [2.75, 3.05) is 7.11 Å². The molecule has 0 unspecified atom stereocenters. The van der Waals surface area contributed by atoms with Crippen LogP contribution in [0, 0.1) is 0 Å². The first-order valence-electron chi connectivity index (χ1n) is 4.26. The summed E-state index contributed by atoms with van der Waals surface area (Å²) in [6, 6.07) is 1.02. The van der Waals surface area contributed by atoms with Gasteiger partial charge in [0.1, 0.15) is 11.3 Å². The molecule has 0 aromatic carbocycles. The Morgan fingerprint density at radius 1 is 1.53 bits per heavy atom. The van der Waals surface area contributed by atoms with Crippen molar-refractivity contribution < 1.29 is 27.4 Å². The van der Waals surface area contributed by atoms with E-state index in [0.717, 1.165) is 6.07 Å². The molecule has 1 aromatic rings. The third kappa shape index (κ3) is 3.58. The summed E-state index contributed by atoms with van der Waals surface area (Å²) in [6.45, 7) is 0.